The summed E-state index contributed by atoms with van der Waals surface area (Å²) in [4.78, 5) is 30.3. The SMILES string of the molecule is COc1cc(/C=C2\N=C(c3ccccc3)N(c3ccc(Cl)c([N+](=O)[O-])c3)C2=O)cc(OC)c1OC. The standard InChI is InChI=1S/C25H20ClN3O6/c1-33-21-12-15(13-22(34-2)23(21)35-3)11-19-25(30)28(24(27-19)16-7-5-4-6-8-16)17-9-10-18(26)20(14-17)29(31)32/h4-14H,1-3H3/b19-11-. The first kappa shape index (κ1) is 23.8. The highest BCUT2D eigenvalue weighted by Crippen LogP contribution is 2.39. The highest BCUT2D eigenvalue weighted by molar-refractivity contribution is 6.34. The molecule has 4 rings (SSSR count). The Hall–Kier alpha value is -4.37. The van der Waals surface area contributed by atoms with Gasteiger partial charge in [-0.1, -0.05) is 41.9 Å². The molecule has 0 spiro atoms. The Kier molecular flexibility index (Phi) is 6.70. The van der Waals surface area contributed by atoms with E-state index >= 15 is 0 Å². The summed E-state index contributed by atoms with van der Waals surface area (Å²) in [5.41, 5.74) is 1.32. The molecule has 0 saturated carbocycles. The molecule has 0 radical (unpaired) electrons. The maximum absolute atomic E-state index is 13.5. The van der Waals surface area contributed by atoms with E-state index in [9.17, 15) is 14.9 Å². The van der Waals surface area contributed by atoms with Crippen molar-refractivity contribution in [2.45, 2.75) is 0 Å². The zero-order valence-electron chi connectivity index (χ0n) is 19.0. The minimum Gasteiger partial charge on any atom is -0.493 e. The van der Waals surface area contributed by atoms with E-state index in [0.717, 1.165) is 0 Å². The number of carbonyl (C=O) groups excluding carboxylic acids is 1. The smallest absolute Gasteiger partial charge is 0.289 e. The second-order valence-electron chi connectivity index (χ2n) is 7.32. The molecular weight excluding hydrogens is 474 g/mol. The number of halogens is 1. The molecule has 0 unspecified atom stereocenters. The molecule has 1 heterocycles. The number of nitrogens with zero attached hydrogens (tertiary/aromatic N) is 3. The van der Waals surface area contributed by atoms with Gasteiger partial charge in [-0.05, 0) is 35.9 Å². The third-order valence-corrected chi connectivity index (χ3v) is 5.59. The van der Waals surface area contributed by atoms with Crippen LogP contribution in [0.1, 0.15) is 11.1 Å². The van der Waals surface area contributed by atoms with Crippen LogP contribution in [-0.2, 0) is 4.79 Å². The molecule has 3 aromatic carbocycles. The van der Waals surface area contributed by atoms with Crippen LogP contribution >= 0.6 is 11.6 Å². The summed E-state index contributed by atoms with van der Waals surface area (Å²) >= 11 is 5.98. The molecule has 0 aliphatic carbocycles. The fourth-order valence-electron chi connectivity index (χ4n) is 3.66. The quantitative estimate of drug-likeness (QED) is 0.257. The number of rotatable bonds is 7. The van der Waals surface area contributed by atoms with Crippen LogP contribution in [0.4, 0.5) is 11.4 Å². The Balaban J connectivity index is 1.86. The number of hydrogen-bond acceptors (Lipinski definition) is 7. The molecule has 0 atom stereocenters. The van der Waals surface area contributed by atoms with Crippen LogP contribution in [0.3, 0.4) is 0 Å². The number of amidine groups is 1. The monoisotopic (exact) mass is 493 g/mol. The summed E-state index contributed by atoms with van der Waals surface area (Å²) < 4.78 is 16.1. The number of ether oxygens (including phenoxy) is 3. The van der Waals surface area contributed by atoms with E-state index in [0.29, 0.717) is 34.2 Å². The lowest BCUT2D eigenvalue weighted by Crippen LogP contribution is -2.32. The zero-order chi connectivity index (χ0) is 25.1. The second kappa shape index (κ2) is 9.86. The van der Waals surface area contributed by atoms with Gasteiger partial charge in [0.05, 0.1) is 31.9 Å². The number of amides is 1. The van der Waals surface area contributed by atoms with Crippen LogP contribution < -0.4 is 19.1 Å². The normalized spacial score (nSPS) is 14.2. The van der Waals surface area contributed by atoms with E-state index in [2.05, 4.69) is 4.99 Å². The van der Waals surface area contributed by atoms with Gasteiger partial charge in [0.25, 0.3) is 11.6 Å². The van der Waals surface area contributed by atoms with Gasteiger partial charge in [0, 0.05) is 11.6 Å². The Bertz CT molecular complexity index is 1350. The molecular formula is C25H20ClN3O6. The van der Waals surface area contributed by atoms with Crippen LogP contribution in [0.5, 0.6) is 17.2 Å². The van der Waals surface area contributed by atoms with Crippen LogP contribution in [-0.4, -0.2) is 38.0 Å². The first-order chi connectivity index (χ1) is 16.9. The average Bonchev–Trinajstić information content (AvgIpc) is 3.19. The Morgan fingerprint density at radius 2 is 1.63 bits per heavy atom. The summed E-state index contributed by atoms with van der Waals surface area (Å²) in [5, 5.41) is 11.4. The lowest BCUT2D eigenvalue weighted by Gasteiger charge is -2.18. The van der Waals surface area contributed by atoms with Gasteiger partial charge in [0.15, 0.2) is 11.5 Å². The molecule has 1 aliphatic heterocycles. The van der Waals surface area contributed by atoms with Gasteiger partial charge >= 0.3 is 0 Å². The summed E-state index contributed by atoms with van der Waals surface area (Å²) in [7, 11) is 4.49. The van der Waals surface area contributed by atoms with Gasteiger partial charge in [0.2, 0.25) is 5.75 Å². The molecule has 0 aromatic heterocycles. The van der Waals surface area contributed by atoms with Crippen molar-refractivity contribution in [3.05, 3.63) is 92.6 Å². The minimum absolute atomic E-state index is 0.0308. The Morgan fingerprint density at radius 3 is 2.20 bits per heavy atom. The van der Waals surface area contributed by atoms with Crippen molar-refractivity contribution in [3.63, 3.8) is 0 Å². The van der Waals surface area contributed by atoms with Gasteiger partial charge in [0.1, 0.15) is 16.6 Å². The van der Waals surface area contributed by atoms with Gasteiger partial charge in [-0.3, -0.25) is 19.8 Å². The molecule has 35 heavy (non-hydrogen) atoms. The number of carbonyl (C=O) groups is 1. The fourth-order valence-corrected chi connectivity index (χ4v) is 3.85. The average molecular weight is 494 g/mol. The molecule has 0 fully saturated rings. The lowest BCUT2D eigenvalue weighted by molar-refractivity contribution is -0.384. The number of benzene rings is 3. The number of hydrogen-bond donors (Lipinski definition) is 0. The van der Waals surface area contributed by atoms with Crippen LogP contribution in [0.25, 0.3) is 6.08 Å². The molecule has 10 heteroatoms. The zero-order valence-corrected chi connectivity index (χ0v) is 19.8. The molecule has 0 saturated heterocycles. The van der Waals surface area contributed by atoms with Gasteiger partial charge < -0.3 is 14.2 Å². The highest BCUT2D eigenvalue weighted by atomic mass is 35.5. The molecule has 1 aliphatic rings. The van der Waals surface area contributed by atoms with E-state index in [1.807, 2.05) is 18.2 Å². The van der Waals surface area contributed by atoms with Gasteiger partial charge in [-0.15, -0.1) is 0 Å². The number of aliphatic imine (C=N–C) groups is 1. The first-order valence-electron chi connectivity index (χ1n) is 10.3. The molecule has 9 nitrogen and oxygen atoms in total. The molecule has 1 amide bonds. The van der Waals surface area contributed by atoms with Crippen molar-refractivity contribution in [2.24, 2.45) is 4.99 Å². The van der Waals surface area contributed by atoms with Crippen molar-refractivity contribution in [1.29, 1.82) is 0 Å². The van der Waals surface area contributed by atoms with E-state index in [1.54, 1.807) is 30.3 Å². The predicted molar refractivity (Wildman–Crippen MR) is 133 cm³/mol. The molecule has 3 aromatic rings. The molecule has 178 valence electrons. The van der Waals surface area contributed by atoms with Crippen molar-refractivity contribution < 1.29 is 23.9 Å². The minimum atomic E-state index is -0.599. The maximum atomic E-state index is 13.5. The fraction of sp³-hybridized carbons (Fsp3) is 0.120. The van der Waals surface area contributed by atoms with Crippen LogP contribution in [0.15, 0.2) is 71.4 Å². The third kappa shape index (κ3) is 4.53. The Morgan fingerprint density at radius 1 is 0.971 bits per heavy atom. The van der Waals surface area contributed by atoms with Crippen molar-refractivity contribution in [3.8, 4) is 17.2 Å². The summed E-state index contributed by atoms with van der Waals surface area (Å²) in [6.45, 7) is 0. The van der Waals surface area contributed by atoms with E-state index in [1.165, 1.54) is 44.4 Å². The first-order valence-corrected chi connectivity index (χ1v) is 10.7. The summed E-state index contributed by atoms with van der Waals surface area (Å²) in [5.74, 6) is 1.11. The van der Waals surface area contributed by atoms with Crippen molar-refractivity contribution in [2.75, 3.05) is 26.2 Å². The maximum Gasteiger partial charge on any atom is 0.289 e. The summed E-state index contributed by atoms with van der Waals surface area (Å²) in [6.07, 6.45) is 1.58. The Labute approximate surface area is 206 Å². The largest absolute Gasteiger partial charge is 0.493 e. The van der Waals surface area contributed by atoms with Crippen LogP contribution in [0.2, 0.25) is 5.02 Å². The molecule has 0 bridgehead atoms. The van der Waals surface area contributed by atoms with E-state index in [4.69, 9.17) is 25.8 Å². The van der Waals surface area contributed by atoms with Crippen LogP contribution in [0, 0.1) is 10.1 Å². The topological polar surface area (TPSA) is 104 Å². The van der Waals surface area contributed by atoms with Gasteiger partial charge in [-0.25, -0.2) is 4.99 Å². The van der Waals surface area contributed by atoms with E-state index < -0.39 is 10.8 Å². The highest BCUT2D eigenvalue weighted by Gasteiger charge is 2.33. The van der Waals surface area contributed by atoms with Gasteiger partial charge in [-0.2, -0.15) is 0 Å². The number of nitro groups is 1. The van der Waals surface area contributed by atoms with Crippen molar-refractivity contribution >= 4 is 40.8 Å². The molecule has 0 N–H and O–H groups in total. The van der Waals surface area contributed by atoms with E-state index in [-0.39, 0.29) is 22.1 Å². The lowest BCUT2D eigenvalue weighted by atomic mass is 10.1. The second-order valence-corrected chi connectivity index (χ2v) is 7.73. The van der Waals surface area contributed by atoms with Crippen molar-refractivity contribution in [1.82, 2.24) is 0 Å². The third-order valence-electron chi connectivity index (χ3n) is 5.27. The number of nitro benzene ring substituents is 1. The predicted octanol–water partition coefficient (Wildman–Crippen LogP) is 5.11. The number of anilines is 1. The number of methoxy groups -OCH3 is 3. The summed E-state index contributed by atoms with van der Waals surface area (Å²) in [6, 6.07) is 16.6.